The smallest absolute Gasteiger partial charge is 0.0589 e. The standard InChI is InChI=1S/C12H26N2O.ClH/c1-12(2,3)11(9-15)14-8-10-5-4-6-13-7-10;/h10-11,13-15H,4-9H2,1-3H3;1H. The Hall–Kier alpha value is 0.170. The van der Waals surface area contributed by atoms with Crippen LogP contribution in [0.5, 0.6) is 0 Å². The number of hydrogen-bond acceptors (Lipinski definition) is 3. The normalized spacial score (nSPS) is 23.6. The third-order valence-electron chi connectivity index (χ3n) is 3.28. The van der Waals surface area contributed by atoms with Gasteiger partial charge in [-0.15, -0.1) is 12.4 Å². The first-order valence-electron chi connectivity index (χ1n) is 6.09. The number of aliphatic hydroxyl groups excluding tert-OH is 1. The van der Waals surface area contributed by atoms with E-state index < -0.39 is 0 Å². The molecule has 98 valence electrons. The molecular formula is C12H27ClN2O. The molecule has 3 nitrogen and oxygen atoms in total. The molecule has 0 aromatic rings. The summed E-state index contributed by atoms with van der Waals surface area (Å²) in [6.07, 6.45) is 2.59. The summed E-state index contributed by atoms with van der Waals surface area (Å²) >= 11 is 0. The fourth-order valence-electron chi connectivity index (χ4n) is 2.05. The molecule has 2 atom stereocenters. The van der Waals surface area contributed by atoms with Crippen molar-refractivity contribution >= 4 is 12.4 Å². The van der Waals surface area contributed by atoms with E-state index in [9.17, 15) is 5.11 Å². The van der Waals surface area contributed by atoms with Crippen LogP contribution < -0.4 is 10.6 Å². The lowest BCUT2D eigenvalue weighted by Gasteiger charge is -2.32. The zero-order chi connectivity index (χ0) is 11.3. The summed E-state index contributed by atoms with van der Waals surface area (Å²) in [5.41, 5.74) is 0.136. The molecule has 1 fully saturated rings. The van der Waals surface area contributed by atoms with Crippen LogP contribution in [-0.4, -0.2) is 37.4 Å². The highest BCUT2D eigenvalue weighted by molar-refractivity contribution is 5.85. The van der Waals surface area contributed by atoms with Gasteiger partial charge in [-0.2, -0.15) is 0 Å². The van der Waals surface area contributed by atoms with Crippen LogP contribution in [0, 0.1) is 11.3 Å². The van der Waals surface area contributed by atoms with Crippen molar-refractivity contribution in [1.29, 1.82) is 0 Å². The monoisotopic (exact) mass is 250 g/mol. The van der Waals surface area contributed by atoms with Crippen molar-refractivity contribution in [3.05, 3.63) is 0 Å². The van der Waals surface area contributed by atoms with E-state index in [1.165, 1.54) is 19.4 Å². The van der Waals surface area contributed by atoms with Crippen LogP contribution in [0.4, 0.5) is 0 Å². The van der Waals surface area contributed by atoms with Crippen molar-refractivity contribution < 1.29 is 5.11 Å². The number of piperidine rings is 1. The van der Waals surface area contributed by atoms with Crippen molar-refractivity contribution in [2.24, 2.45) is 11.3 Å². The van der Waals surface area contributed by atoms with Gasteiger partial charge in [-0.05, 0) is 43.8 Å². The molecule has 1 aliphatic heterocycles. The first-order chi connectivity index (χ1) is 7.04. The quantitative estimate of drug-likeness (QED) is 0.707. The molecule has 1 aliphatic rings. The van der Waals surface area contributed by atoms with Crippen molar-refractivity contribution in [2.75, 3.05) is 26.2 Å². The molecule has 4 heteroatoms. The van der Waals surface area contributed by atoms with E-state index in [-0.39, 0.29) is 30.5 Å². The van der Waals surface area contributed by atoms with Gasteiger partial charge in [0.1, 0.15) is 0 Å². The largest absolute Gasteiger partial charge is 0.395 e. The van der Waals surface area contributed by atoms with Gasteiger partial charge in [-0.25, -0.2) is 0 Å². The molecule has 1 rings (SSSR count). The molecule has 0 saturated carbocycles. The highest BCUT2D eigenvalue weighted by atomic mass is 35.5. The van der Waals surface area contributed by atoms with E-state index in [2.05, 4.69) is 31.4 Å². The van der Waals surface area contributed by atoms with Gasteiger partial charge in [-0.1, -0.05) is 20.8 Å². The third-order valence-corrected chi connectivity index (χ3v) is 3.28. The summed E-state index contributed by atoms with van der Waals surface area (Å²) in [4.78, 5) is 0. The maximum absolute atomic E-state index is 9.31. The Bertz CT molecular complexity index is 176. The fraction of sp³-hybridized carbons (Fsp3) is 1.00. The van der Waals surface area contributed by atoms with E-state index in [0.29, 0.717) is 0 Å². The van der Waals surface area contributed by atoms with Gasteiger partial charge in [0.15, 0.2) is 0 Å². The lowest BCUT2D eigenvalue weighted by atomic mass is 9.86. The molecule has 0 aromatic carbocycles. The Balaban J connectivity index is 0.00000225. The van der Waals surface area contributed by atoms with E-state index in [1.54, 1.807) is 0 Å². The number of rotatable bonds is 4. The summed E-state index contributed by atoms with van der Waals surface area (Å²) in [6.45, 7) is 10.0. The third kappa shape index (κ3) is 5.48. The molecule has 1 saturated heterocycles. The molecule has 0 aliphatic carbocycles. The van der Waals surface area contributed by atoms with Crippen LogP contribution in [0.25, 0.3) is 0 Å². The van der Waals surface area contributed by atoms with Crippen LogP contribution in [-0.2, 0) is 0 Å². The highest BCUT2D eigenvalue weighted by Gasteiger charge is 2.24. The summed E-state index contributed by atoms with van der Waals surface area (Å²) in [7, 11) is 0. The van der Waals surface area contributed by atoms with E-state index >= 15 is 0 Å². The Morgan fingerprint density at radius 1 is 1.44 bits per heavy atom. The molecule has 0 bridgehead atoms. The second-order valence-electron chi connectivity index (χ2n) is 5.72. The summed E-state index contributed by atoms with van der Waals surface area (Å²) in [6, 6.07) is 0.208. The molecule has 0 aromatic heterocycles. The fourth-order valence-corrected chi connectivity index (χ4v) is 2.05. The number of nitrogens with one attached hydrogen (secondary N) is 2. The second kappa shape index (κ2) is 7.49. The SMILES string of the molecule is CC(C)(C)C(CO)NCC1CCCNC1.Cl. The molecule has 0 spiro atoms. The first-order valence-corrected chi connectivity index (χ1v) is 6.09. The van der Waals surface area contributed by atoms with Crippen molar-refractivity contribution in [1.82, 2.24) is 10.6 Å². The molecule has 0 radical (unpaired) electrons. The van der Waals surface area contributed by atoms with Gasteiger partial charge in [0.05, 0.1) is 6.61 Å². The zero-order valence-corrected chi connectivity index (χ0v) is 11.6. The first kappa shape index (κ1) is 16.2. The van der Waals surface area contributed by atoms with Gasteiger partial charge in [0.2, 0.25) is 0 Å². The van der Waals surface area contributed by atoms with Crippen LogP contribution in [0.3, 0.4) is 0 Å². The molecule has 2 unspecified atom stereocenters. The molecule has 3 N–H and O–H groups in total. The van der Waals surface area contributed by atoms with Crippen LogP contribution in [0.2, 0.25) is 0 Å². The summed E-state index contributed by atoms with van der Waals surface area (Å²) in [5.74, 6) is 0.732. The van der Waals surface area contributed by atoms with Gasteiger partial charge >= 0.3 is 0 Å². The number of hydrogen-bond donors (Lipinski definition) is 3. The second-order valence-corrected chi connectivity index (χ2v) is 5.72. The maximum atomic E-state index is 9.31. The summed E-state index contributed by atoms with van der Waals surface area (Å²) in [5, 5.41) is 16.2. The van der Waals surface area contributed by atoms with E-state index in [4.69, 9.17) is 0 Å². The topological polar surface area (TPSA) is 44.3 Å². The van der Waals surface area contributed by atoms with Gasteiger partial charge in [0, 0.05) is 6.04 Å². The van der Waals surface area contributed by atoms with Gasteiger partial charge in [0.25, 0.3) is 0 Å². The van der Waals surface area contributed by atoms with Gasteiger partial charge < -0.3 is 15.7 Å². The average molecular weight is 251 g/mol. The molecule has 1 heterocycles. The van der Waals surface area contributed by atoms with E-state index in [1.807, 2.05) is 0 Å². The Labute approximate surface area is 106 Å². The van der Waals surface area contributed by atoms with E-state index in [0.717, 1.165) is 19.0 Å². The Morgan fingerprint density at radius 2 is 2.12 bits per heavy atom. The van der Waals surface area contributed by atoms with Crippen LogP contribution >= 0.6 is 12.4 Å². The Morgan fingerprint density at radius 3 is 2.56 bits per heavy atom. The minimum absolute atomic E-state index is 0. The maximum Gasteiger partial charge on any atom is 0.0589 e. The number of aliphatic hydroxyl groups is 1. The van der Waals surface area contributed by atoms with Gasteiger partial charge in [-0.3, -0.25) is 0 Å². The predicted molar refractivity (Wildman–Crippen MR) is 71.2 cm³/mol. The zero-order valence-electron chi connectivity index (χ0n) is 10.8. The van der Waals surface area contributed by atoms with Crippen molar-refractivity contribution in [2.45, 2.75) is 39.7 Å². The number of halogens is 1. The predicted octanol–water partition coefficient (Wildman–Crippen LogP) is 1.40. The lowest BCUT2D eigenvalue weighted by molar-refractivity contribution is 0.152. The lowest BCUT2D eigenvalue weighted by Crippen LogP contribution is -2.47. The molecule has 0 amide bonds. The molecule has 16 heavy (non-hydrogen) atoms. The van der Waals surface area contributed by atoms with Crippen LogP contribution in [0.1, 0.15) is 33.6 Å². The Kier molecular flexibility index (Phi) is 7.57. The minimum Gasteiger partial charge on any atom is -0.395 e. The van der Waals surface area contributed by atoms with Crippen molar-refractivity contribution in [3.63, 3.8) is 0 Å². The van der Waals surface area contributed by atoms with Crippen LogP contribution in [0.15, 0.2) is 0 Å². The minimum atomic E-state index is 0. The average Bonchev–Trinajstić information content (AvgIpc) is 2.18. The van der Waals surface area contributed by atoms with Crippen molar-refractivity contribution in [3.8, 4) is 0 Å². The molecular weight excluding hydrogens is 224 g/mol. The highest BCUT2D eigenvalue weighted by Crippen LogP contribution is 2.19. The summed E-state index contributed by atoms with van der Waals surface area (Å²) < 4.78 is 0.